The molecule has 0 saturated carbocycles. The largest absolute Gasteiger partial charge is 0.480 e. The summed E-state index contributed by atoms with van der Waals surface area (Å²) in [6.07, 6.45) is 0. The molecule has 0 amide bonds. The summed E-state index contributed by atoms with van der Waals surface area (Å²) in [6, 6.07) is 3.78. The Morgan fingerprint density at radius 3 is 2.58 bits per heavy atom. The number of pyridine rings is 1. The van der Waals surface area contributed by atoms with Crippen LogP contribution in [0.25, 0.3) is 0 Å². The number of rotatable bonds is 2. The second-order valence-corrected chi connectivity index (χ2v) is 4.91. The number of aromatic nitrogens is 1. The molecular formula is C8H13N2OP. The topological polar surface area (TPSA) is 48.1 Å². The van der Waals surface area contributed by atoms with Gasteiger partial charge in [-0.2, -0.15) is 0 Å². The van der Waals surface area contributed by atoms with Gasteiger partial charge in [0.1, 0.15) is 0 Å². The van der Waals surface area contributed by atoms with E-state index in [1.54, 1.807) is 7.11 Å². The van der Waals surface area contributed by atoms with Crippen LogP contribution >= 0.6 is 7.92 Å². The number of hydrogen-bond donors (Lipinski definition) is 1. The highest BCUT2D eigenvalue weighted by molar-refractivity contribution is 7.63. The van der Waals surface area contributed by atoms with Gasteiger partial charge in [0.2, 0.25) is 5.88 Å². The van der Waals surface area contributed by atoms with Crippen LogP contribution in [0, 0.1) is 0 Å². The molecule has 4 heteroatoms. The fourth-order valence-electron chi connectivity index (χ4n) is 0.854. The molecule has 0 radical (unpaired) electrons. The Kier molecular flexibility index (Phi) is 2.88. The van der Waals surface area contributed by atoms with Gasteiger partial charge in [-0.15, -0.1) is 0 Å². The average molecular weight is 184 g/mol. The molecule has 0 fully saturated rings. The van der Waals surface area contributed by atoms with Gasteiger partial charge in [0.05, 0.1) is 18.2 Å². The van der Waals surface area contributed by atoms with Crippen LogP contribution in [0.3, 0.4) is 0 Å². The predicted molar refractivity (Wildman–Crippen MR) is 53.6 cm³/mol. The van der Waals surface area contributed by atoms with Crippen molar-refractivity contribution in [2.24, 2.45) is 0 Å². The molecule has 0 unspecified atom stereocenters. The van der Waals surface area contributed by atoms with Gasteiger partial charge in [-0.25, -0.2) is 4.98 Å². The van der Waals surface area contributed by atoms with Gasteiger partial charge in [0.15, 0.2) is 0 Å². The maximum Gasteiger partial charge on any atom is 0.237 e. The zero-order valence-corrected chi connectivity index (χ0v) is 8.43. The normalized spacial score (nSPS) is 10.3. The number of nitrogens with two attached hydrogens (primary N) is 1. The molecule has 1 aromatic heterocycles. The van der Waals surface area contributed by atoms with Gasteiger partial charge in [-0.05, 0) is 25.5 Å². The van der Waals surface area contributed by atoms with Crippen LogP contribution in [-0.4, -0.2) is 25.4 Å². The van der Waals surface area contributed by atoms with E-state index < -0.39 is 0 Å². The average Bonchev–Trinajstić information content (AvgIpc) is 2.05. The molecule has 0 atom stereocenters. The van der Waals surface area contributed by atoms with E-state index in [1.165, 1.54) is 0 Å². The van der Waals surface area contributed by atoms with Crippen molar-refractivity contribution >= 4 is 19.0 Å². The molecular weight excluding hydrogens is 171 g/mol. The molecule has 0 aliphatic rings. The molecule has 1 rings (SSSR count). The fourth-order valence-corrected chi connectivity index (χ4v) is 1.52. The van der Waals surface area contributed by atoms with Gasteiger partial charge < -0.3 is 10.5 Å². The van der Waals surface area contributed by atoms with Gasteiger partial charge in [0, 0.05) is 0 Å². The van der Waals surface area contributed by atoms with Crippen molar-refractivity contribution in [1.29, 1.82) is 0 Å². The van der Waals surface area contributed by atoms with E-state index in [0.717, 1.165) is 5.44 Å². The van der Waals surface area contributed by atoms with Crippen molar-refractivity contribution in [3.05, 3.63) is 12.1 Å². The van der Waals surface area contributed by atoms with Gasteiger partial charge in [-0.3, -0.25) is 0 Å². The Balaban J connectivity index is 3.05. The van der Waals surface area contributed by atoms with Crippen LogP contribution < -0.4 is 15.9 Å². The minimum absolute atomic E-state index is 0.177. The van der Waals surface area contributed by atoms with Crippen molar-refractivity contribution in [1.82, 2.24) is 4.98 Å². The third-order valence-electron chi connectivity index (χ3n) is 1.53. The highest BCUT2D eigenvalue weighted by Crippen LogP contribution is 2.25. The van der Waals surface area contributed by atoms with E-state index in [1.807, 2.05) is 12.1 Å². The Bertz CT molecular complexity index is 276. The molecule has 1 aromatic rings. The Morgan fingerprint density at radius 2 is 2.08 bits per heavy atom. The monoisotopic (exact) mass is 184 g/mol. The molecule has 0 aliphatic carbocycles. The Morgan fingerprint density at radius 1 is 1.42 bits per heavy atom. The zero-order valence-electron chi connectivity index (χ0n) is 7.53. The maximum absolute atomic E-state index is 5.62. The summed E-state index contributed by atoms with van der Waals surface area (Å²) in [5, 5.41) is 0. The molecule has 2 N–H and O–H groups in total. The van der Waals surface area contributed by atoms with Gasteiger partial charge in [-0.1, -0.05) is 7.92 Å². The third kappa shape index (κ3) is 1.86. The number of nitrogen functional groups attached to an aromatic ring is 1. The minimum Gasteiger partial charge on any atom is -0.480 e. The number of methoxy groups -OCH3 is 1. The van der Waals surface area contributed by atoms with Crippen LogP contribution in [-0.2, 0) is 0 Å². The van der Waals surface area contributed by atoms with E-state index in [-0.39, 0.29) is 7.92 Å². The summed E-state index contributed by atoms with van der Waals surface area (Å²) in [4.78, 5) is 4.27. The smallest absolute Gasteiger partial charge is 0.237 e. The van der Waals surface area contributed by atoms with Crippen molar-refractivity contribution in [3.8, 4) is 5.88 Å². The van der Waals surface area contributed by atoms with Crippen molar-refractivity contribution in [2.75, 3.05) is 26.2 Å². The molecule has 12 heavy (non-hydrogen) atoms. The maximum atomic E-state index is 5.62. The zero-order chi connectivity index (χ0) is 9.14. The number of hydrogen-bond acceptors (Lipinski definition) is 3. The van der Waals surface area contributed by atoms with Crippen LogP contribution in [0.4, 0.5) is 5.69 Å². The van der Waals surface area contributed by atoms with Crippen molar-refractivity contribution in [2.45, 2.75) is 0 Å². The minimum atomic E-state index is -0.177. The van der Waals surface area contributed by atoms with Crippen LogP contribution in [0.2, 0.25) is 0 Å². The molecule has 1 heterocycles. The van der Waals surface area contributed by atoms with Crippen LogP contribution in [0.5, 0.6) is 5.88 Å². The molecule has 0 aliphatic heterocycles. The lowest BCUT2D eigenvalue weighted by atomic mass is 10.4. The number of anilines is 1. The first-order valence-electron chi connectivity index (χ1n) is 3.63. The van der Waals surface area contributed by atoms with Gasteiger partial charge >= 0.3 is 0 Å². The predicted octanol–water partition coefficient (Wildman–Crippen LogP) is 1.04. The van der Waals surface area contributed by atoms with E-state index >= 15 is 0 Å². The van der Waals surface area contributed by atoms with Crippen LogP contribution in [0.1, 0.15) is 0 Å². The van der Waals surface area contributed by atoms with E-state index in [4.69, 9.17) is 10.5 Å². The molecule has 0 spiro atoms. The van der Waals surface area contributed by atoms with Crippen molar-refractivity contribution in [3.63, 3.8) is 0 Å². The second-order valence-electron chi connectivity index (χ2n) is 2.66. The van der Waals surface area contributed by atoms with E-state index in [0.29, 0.717) is 11.6 Å². The summed E-state index contributed by atoms with van der Waals surface area (Å²) < 4.78 is 5.01. The van der Waals surface area contributed by atoms with Crippen LogP contribution in [0.15, 0.2) is 12.1 Å². The summed E-state index contributed by atoms with van der Waals surface area (Å²) in [5.41, 5.74) is 7.28. The highest BCUT2D eigenvalue weighted by atomic mass is 31.1. The lowest BCUT2D eigenvalue weighted by Crippen LogP contribution is -2.08. The molecule has 0 saturated heterocycles. The molecule has 0 bridgehead atoms. The summed E-state index contributed by atoms with van der Waals surface area (Å²) in [6.45, 7) is 4.29. The first-order valence-corrected chi connectivity index (χ1v) is 5.86. The quantitative estimate of drug-likeness (QED) is 0.698. The summed E-state index contributed by atoms with van der Waals surface area (Å²) in [7, 11) is 1.40. The fraction of sp³-hybridized carbons (Fsp3) is 0.375. The lowest BCUT2D eigenvalue weighted by molar-refractivity contribution is 0.401. The van der Waals surface area contributed by atoms with Crippen molar-refractivity contribution < 1.29 is 4.74 Å². The lowest BCUT2D eigenvalue weighted by Gasteiger charge is -2.08. The number of ether oxygens (including phenoxy) is 1. The Labute approximate surface area is 73.7 Å². The first kappa shape index (κ1) is 9.27. The molecule has 0 aromatic carbocycles. The third-order valence-corrected chi connectivity index (χ3v) is 2.69. The highest BCUT2D eigenvalue weighted by Gasteiger charge is 2.04. The summed E-state index contributed by atoms with van der Waals surface area (Å²) >= 11 is 0. The van der Waals surface area contributed by atoms with E-state index in [9.17, 15) is 0 Å². The van der Waals surface area contributed by atoms with Gasteiger partial charge in [0.25, 0.3) is 0 Å². The molecule has 66 valence electrons. The SMILES string of the molecule is COc1nc(P(C)C)ccc1N. The van der Waals surface area contributed by atoms with E-state index in [2.05, 4.69) is 18.3 Å². The second kappa shape index (κ2) is 3.72. The standard InChI is InChI=1S/C8H13N2OP/c1-11-8-6(9)4-5-7(10-8)12(2)3/h4-5H,9H2,1-3H3. The molecule has 3 nitrogen and oxygen atoms in total. The summed E-state index contributed by atoms with van der Waals surface area (Å²) in [5.74, 6) is 0.531. The Hall–Kier alpha value is -0.820. The number of nitrogens with zero attached hydrogens (tertiary/aromatic N) is 1. The first-order chi connectivity index (χ1) is 5.65.